The van der Waals surface area contributed by atoms with Gasteiger partial charge in [-0.2, -0.15) is 10.4 Å². The highest BCUT2D eigenvalue weighted by molar-refractivity contribution is 5.70. The Labute approximate surface area is 198 Å². The molecule has 0 aliphatic heterocycles. The fourth-order valence-corrected chi connectivity index (χ4v) is 4.43. The standard InChI is InChI=1S/C24H29N5O5/c1-28(16-6-4-7-16)24(32)33-14-21-18(13-26-29(21)2)19-9-10-22(20(12-25)27-19)34-17-8-3-5-15(11-17)23(30)31/h9-10,13,15-17H,3-8,11,14H2,1-2H3,(H,30,31)/t15-,17-/m0/s1. The number of aryl methyl sites for hydroxylation is 1. The summed E-state index contributed by atoms with van der Waals surface area (Å²) in [6, 6.07) is 5.72. The van der Waals surface area contributed by atoms with E-state index in [1.54, 1.807) is 42.0 Å². The number of carboxylic acid groups (broad SMARTS) is 1. The minimum atomic E-state index is -0.814. The first-order chi connectivity index (χ1) is 16.4. The molecule has 4 rings (SSSR count). The molecule has 1 N–H and O–H groups in total. The number of ether oxygens (including phenoxy) is 2. The number of carbonyl (C=O) groups is 2. The molecule has 2 saturated carbocycles. The quantitative estimate of drug-likeness (QED) is 0.655. The van der Waals surface area contributed by atoms with Crippen molar-refractivity contribution in [2.24, 2.45) is 13.0 Å². The van der Waals surface area contributed by atoms with E-state index in [2.05, 4.69) is 16.2 Å². The van der Waals surface area contributed by atoms with E-state index in [0.29, 0.717) is 35.5 Å². The fourth-order valence-electron chi connectivity index (χ4n) is 4.43. The Balaban J connectivity index is 1.48. The van der Waals surface area contributed by atoms with E-state index >= 15 is 0 Å². The molecule has 2 aromatic heterocycles. The van der Waals surface area contributed by atoms with Crippen LogP contribution in [0.3, 0.4) is 0 Å². The zero-order valence-corrected chi connectivity index (χ0v) is 19.4. The molecular weight excluding hydrogens is 438 g/mol. The molecule has 2 aliphatic rings. The number of nitrogens with zero attached hydrogens (tertiary/aromatic N) is 5. The van der Waals surface area contributed by atoms with Gasteiger partial charge in [0.15, 0.2) is 11.4 Å². The first-order valence-electron chi connectivity index (χ1n) is 11.6. The van der Waals surface area contributed by atoms with E-state index in [1.165, 1.54) is 0 Å². The minimum absolute atomic E-state index is 0.0300. The van der Waals surface area contributed by atoms with E-state index in [-0.39, 0.29) is 30.5 Å². The Morgan fingerprint density at radius 1 is 1.26 bits per heavy atom. The number of carbonyl (C=O) groups excluding carboxylic acids is 1. The lowest BCUT2D eigenvalue weighted by atomic mass is 9.87. The van der Waals surface area contributed by atoms with Gasteiger partial charge in [-0.05, 0) is 57.1 Å². The molecule has 1 amide bonds. The van der Waals surface area contributed by atoms with Crippen molar-refractivity contribution in [1.82, 2.24) is 19.7 Å². The SMILES string of the molecule is CN(C(=O)OCc1c(-c2ccc(O[C@H]3CCC[C@H](C(=O)O)C3)c(C#N)n2)cnn1C)C1CCC1. The lowest BCUT2D eigenvalue weighted by molar-refractivity contribution is -0.143. The molecule has 34 heavy (non-hydrogen) atoms. The van der Waals surface area contributed by atoms with Gasteiger partial charge < -0.3 is 19.5 Å². The molecule has 0 radical (unpaired) electrons. The maximum atomic E-state index is 12.4. The second-order valence-corrected chi connectivity index (χ2v) is 8.98. The van der Waals surface area contributed by atoms with E-state index in [0.717, 1.165) is 32.1 Å². The minimum Gasteiger partial charge on any atom is -0.487 e. The molecule has 0 unspecified atom stereocenters. The summed E-state index contributed by atoms with van der Waals surface area (Å²) in [6.07, 6.45) is 6.66. The van der Waals surface area contributed by atoms with Crippen molar-refractivity contribution in [2.75, 3.05) is 7.05 Å². The molecule has 2 atom stereocenters. The van der Waals surface area contributed by atoms with Crippen LogP contribution in [0.4, 0.5) is 4.79 Å². The summed E-state index contributed by atoms with van der Waals surface area (Å²) in [5.41, 5.74) is 1.96. The average molecular weight is 468 g/mol. The number of hydrogen-bond acceptors (Lipinski definition) is 7. The van der Waals surface area contributed by atoms with Crippen molar-refractivity contribution in [3.63, 3.8) is 0 Å². The number of rotatable bonds is 7. The summed E-state index contributed by atoms with van der Waals surface area (Å²) in [5, 5.41) is 23.2. The van der Waals surface area contributed by atoms with Crippen molar-refractivity contribution >= 4 is 12.1 Å². The molecule has 2 heterocycles. The summed E-state index contributed by atoms with van der Waals surface area (Å²) in [5.74, 6) is -0.909. The number of carboxylic acids is 1. The summed E-state index contributed by atoms with van der Waals surface area (Å²) >= 11 is 0. The molecule has 0 bridgehead atoms. The Bertz CT molecular complexity index is 1100. The summed E-state index contributed by atoms with van der Waals surface area (Å²) in [4.78, 5) is 29.8. The smallest absolute Gasteiger partial charge is 0.410 e. The highest BCUT2D eigenvalue weighted by Gasteiger charge is 2.29. The number of amides is 1. The lowest BCUT2D eigenvalue weighted by Crippen LogP contribution is -2.41. The van der Waals surface area contributed by atoms with Crippen LogP contribution < -0.4 is 4.74 Å². The molecule has 2 aromatic rings. The number of aliphatic carboxylic acids is 1. The van der Waals surface area contributed by atoms with Crippen LogP contribution in [0.25, 0.3) is 11.3 Å². The predicted molar refractivity (Wildman–Crippen MR) is 121 cm³/mol. The summed E-state index contributed by atoms with van der Waals surface area (Å²) < 4.78 is 13.1. The van der Waals surface area contributed by atoms with Gasteiger partial charge in [0.25, 0.3) is 0 Å². The predicted octanol–water partition coefficient (Wildman–Crippen LogP) is 3.50. The Morgan fingerprint density at radius 2 is 2.03 bits per heavy atom. The maximum absolute atomic E-state index is 12.4. The van der Waals surface area contributed by atoms with Crippen LogP contribution >= 0.6 is 0 Å². The highest BCUT2D eigenvalue weighted by Crippen LogP contribution is 2.31. The van der Waals surface area contributed by atoms with Crippen LogP contribution in [-0.2, 0) is 23.2 Å². The molecule has 0 saturated heterocycles. The summed E-state index contributed by atoms with van der Waals surface area (Å²) in [6.45, 7) is 0.0300. The zero-order valence-electron chi connectivity index (χ0n) is 19.4. The van der Waals surface area contributed by atoms with Gasteiger partial charge in [-0.1, -0.05) is 0 Å². The number of nitriles is 1. The Hall–Kier alpha value is -3.61. The van der Waals surface area contributed by atoms with Crippen molar-refractivity contribution < 1.29 is 24.2 Å². The third-order valence-electron chi connectivity index (χ3n) is 6.81. The average Bonchev–Trinajstić information content (AvgIpc) is 3.16. The van der Waals surface area contributed by atoms with Crippen LogP contribution in [0, 0.1) is 17.2 Å². The number of hydrogen-bond donors (Lipinski definition) is 1. The van der Waals surface area contributed by atoms with Crippen LogP contribution in [0.2, 0.25) is 0 Å². The van der Waals surface area contributed by atoms with Crippen LogP contribution in [-0.4, -0.2) is 56.0 Å². The second-order valence-electron chi connectivity index (χ2n) is 8.98. The molecule has 10 heteroatoms. The molecule has 2 fully saturated rings. The first kappa shape index (κ1) is 23.5. The van der Waals surface area contributed by atoms with Crippen LogP contribution in [0.1, 0.15) is 56.3 Å². The lowest BCUT2D eigenvalue weighted by Gasteiger charge is -2.33. The Kier molecular flexibility index (Phi) is 7.01. The van der Waals surface area contributed by atoms with Crippen molar-refractivity contribution in [3.8, 4) is 23.1 Å². The maximum Gasteiger partial charge on any atom is 0.410 e. The van der Waals surface area contributed by atoms with E-state index < -0.39 is 11.9 Å². The third-order valence-corrected chi connectivity index (χ3v) is 6.81. The molecule has 0 aromatic carbocycles. The van der Waals surface area contributed by atoms with E-state index in [4.69, 9.17) is 9.47 Å². The second kappa shape index (κ2) is 10.1. The van der Waals surface area contributed by atoms with Gasteiger partial charge >= 0.3 is 12.1 Å². The molecule has 2 aliphatic carbocycles. The summed E-state index contributed by atoms with van der Waals surface area (Å²) in [7, 11) is 3.51. The number of aromatic nitrogens is 3. The third kappa shape index (κ3) is 4.98. The van der Waals surface area contributed by atoms with E-state index in [9.17, 15) is 20.0 Å². The van der Waals surface area contributed by atoms with Gasteiger partial charge in [-0.3, -0.25) is 9.48 Å². The fraction of sp³-hybridized carbons (Fsp3) is 0.542. The Morgan fingerprint density at radius 3 is 2.71 bits per heavy atom. The van der Waals surface area contributed by atoms with Gasteiger partial charge in [-0.15, -0.1) is 0 Å². The van der Waals surface area contributed by atoms with Crippen LogP contribution in [0.5, 0.6) is 5.75 Å². The van der Waals surface area contributed by atoms with Gasteiger partial charge in [0.05, 0.1) is 29.6 Å². The molecular formula is C24H29N5O5. The van der Waals surface area contributed by atoms with Crippen molar-refractivity contribution in [1.29, 1.82) is 5.26 Å². The van der Waals surface area contributed by atoms with Gasteiger partial charge in [0, 0.05) is 25.7 Å². The molecule has 180 valence electrons. The van der Waals surface area contributed by atoms with Crippen molar-refractivity contribution in [2.45, 2.75) is 63.7 Å². The monoisotopic (exact) mass is 467 g/mol. The molecule has 0 spiro atoms. The normalized spacial score (nSPS) is 20.1. The van der Waals surface area contributed by atoms with E-state index in [1.807, 2.05) is 0 Å². The van der Waals surface area contributed by atoms with Gasteiger partial charge in [-0.25, -0.2) is 9.78 Å². The highest BCUT2D eigenvalue weighted by atomic mass is 16.6. The molecule has 10 nitrogen and oxygen atoms in total. The zero-order chi connectivity index (χ0) is 24.2. The van der Waals surface area contributed by atoms with Gasteiger partial charge in [0.1, 0.15) is 12.7 Å². The van der Waals surface area contributed by atoms with Gasteiger partial charge in [0.2, 0.25) is 0 Å². The number of pyridine rings is 1. The van der Waals surface area contributed by atoms with Crippen LogP contribution in [0.15, 0.2) is 18.3 Å². The van der Waals surface area contributed by atoms with Crippen molar-refractivity contribution in [3.05, 3.63) is 29.7 Å². The first-order valence-corrected chi connectivity index (χ1v) is 11.6. The topological polar surface area (TPSA) is 131 Å². The largest absolute Gasteiger partial charge is 0.487 e.